The summed E-state index contributed by atoms with van der Waals surface area (Å²) in [7, 11) is 0. The molecule has 0 fully saturated rings. The number of benzene rings is 1. The van der Waals surface area contributed by atoms with Gasteiger partial charge >= 0.3 is 5.97 Å². The van der Waals surface area contributed by atoms with Crippen LogP contribution in [-0.2, 0) is 9.53 Å². The molecule has 106 valence electrons. The Morgan fingerprint density at radius 2 is 1.79 bits per heavy atom. The van der Waals surface area contributed by atoms with Gasteiger partial charge in [-0.25, -0.2) is 0 Å². The summed E-state index contributed by atoms with van der Waals surface area (Å²) in [6.45, 7) is 7.32. The van der Waals surface area contributed by atoms with Gasteiger partial charge in [0.05, 0.1) is 6.54 Å². The summed E-state index contributed by atoms with van der Waals surface area (Å²) in [6, 6.07) is 4.13. The van der Waals surface area contributed by atoms with Crippen molar-refractivity contribution in [1.29, 1.82) is 0 Å². The first-order chi connectivity index (χ1) is 8.67. The average Bonchev–Trinajstić information content (AvgIpc) is 2.22. The van der Waals surface area contributed by atoms with Gasteiger partial charge in [0.1, 0.15) is 17.1 Å². The van der Waals surface area contributed by atoms with Gasteiger partial charge in [-0.05, 0) is 45.4 Å². The lowest BCUT2D eigenvalue weighted by Crippen LogP contribution is -2.32. The highest BCUT2D eigenvalue weighted by Gasteiger charge is 2.17. The normalized spacial score (nSPS) is 13.1. The standard InChI is InChI=1S/C14H21NO4/c1-9(10-5-11(16)7-12(17)6-10)15-8-13(18)19-14(2,3)4/h5-7,9,15-17H,8H2,1-4H3. The van der Waals surface area contributed by atoms with Gasteiger partial charge in [-0.15, -0.1) is 0 Å². The predicted octanol–water partition coefficient (Wildman–Crippen LogP) is 2.09. The fraction of sp³-hybridized carbons (Fsp3) is 0.500. The zero-order valence-corrected chi connectivity index (χ0v) is 11.7. The summed E-state index contributed by atoms with van der Waals surface area (Å²) in [6.07, 6.45) is 0. The number of esters is 1. The summed E-state index contributed by atoms with van der Waals surface area (Å²) in [5, 5.41) is 21.8. The smallest absolute Gasteiger partial charge is 0.320 e. The molecule has 1 aromatic carbocycles. The molecule has 1 aromatic rings. The lowest BCUT2D eigenvalue weighted by Gasteiger charge is -2.21. The summed E-state index contributed by atoms with van der Waals surface area (Å²) < 4.78 is 5.17. The van der Waals surface area contributed by atoms with Crippen molar-refractivity contribution in [3.8, 4) is 11.5 Å². The molecule has 0 saturated carbocycles. The van der Waals surface area contributed by atoms with E-state index in [1.54, 1.807) is 0 Å². The second kappa shape index (κ2) is 5.93. The Hall–Kier alpha value is -1.75. The fourth-order valence-electron chi connectivity index (χ4n) is 1.60. The molecular formula is C14H21NO4. The number of carbonyl (C=O) groups is 1. The molecule has 1 rings (SSSR count). The fourth-order valence-corrected chi connectivity index (χ4v) is 1.60. The molecule has 0 aliphatic carbocycles. The minimum Gasteiger partial charge on any atom is -0.508 e. The first kappa shape index (κ1) is 15.3. The van der Waals surface area contributed by atoms with Crippen molar-refractivity contribution in [1.82, 2.24) is 5.32 Å². The van der Waals surface area contributed by atoms with Gasteiger partial charge < -0.3 is 20.3 Å². The quantitative estimate of drug-likeness (QED) is 0.728. The van der Waals surface area contributed by atoms with E-state index in [4.69, 9.17) is 4.74 Å². The summed E-state index contributed by atoms with van der Waals surface area (Å²) in [5.41, 5.74) is 0.187. The maximum absolute atomic E-state index is 11.5. The first-order valence-corrected chi connectivity index (χ1v) is 6.15. The number of rotatable bonds is 4. The van der Waals surface area contributed by atoms with Gasteiger partial charge in [-0.2, -0.15) is 0 Å². The van der Waals surface area contributed by atoms with Crippen LogP contribution >= 0.6 is 0 Å². The van der Waals surface area contributed by atoms with E-state index in [9.17, 15) is 15.0 Å². The van der Waals surface area contributed by atoms with E-state index in [2.05, 4.69) is 5.32 Å². The first-order valence-electron chi connectivity index (χ1n) is 6.15. The maximum Gasteiger partial charge on any atom is 0.320 e. The van der Waals surface area contributed by atoms with Crippen molar-refractivity contribution in [3.05, 3.63) is 23.8 Å². The molecule has 0 spiro atoms. The molecule has 0 saturated heterocycles. The van der Waals surface area contributed by atoms with Crippen LogP contribution in [0.15, 0.2) is 18.2 Å². The molecule has 5 nitrogen and oxygen atoms in total. The number of nitrogens with one attached hydrogen (secondary N) is 1. The van der Waals surface area contributed by atoms with Gasteiger partial charge in [0.15, 0.2) is 0 Å². The van der Waals surface area contributed by atoms with E-state index >= 15 is 0 Å². The van der Waals surface area contributed by atoms with Gasteiger partial charge in [0.25, 0.3) is 0 Å². The number of hydrogen-bond donors (Lipinski definition) is 3. The minimum absolute atomic E-state index is 0.0130. The number of phenols is 2. The van der Waals surface area contributed by atoms with Crippen molar-refractivity contribution in [2.24, 2.45) is 0 Å². The Morgan fingerprint density at radius 1 is 1.26 bits per heavy atom. The van der Waals surface area contributed by atoms with E-state index in [1.165, 1.54) is 18.2 Å². The molecule has 1 atom stereocenters. The highest BCUT2D eigenvalue weighted by molar-refractivity contribution is 5.72. The van der Waals surface area contributed by atoms with Crippen LogP contribution in [0.2, 0.25) is 0 Å². The van der Waals surface area contributed by atoms with Crippen molar-refractivity contribution in [2.45, 2.75) is 39.3 Å². The molecule has 0 amide bonds. The molecule has 0 heterocycles. The van der Waals surface area contributed by atoms with Crippen molar-refractivity contribution in [3.63, 3.8) is 0 Å². The number of aromatic hydroxyl groups is 2. The highest BCUT2D eigenvalue weighted by Crippen LogP contribution is 2.24. The van der Waals surface area contributed by atoms with Crippen LogP contribution in [0.4, 0.5) is 0 Å². The third-order valence-electron chi connectivity index (χ3n) is 2.40. The Morgan fingerprint density at radius 3 is 2.26 bits per heavy atom. The summed E-state index contributed by atoms with van der Waals surface area (Å²) in [5.74, 6) is -0.370. The monoisotopic (exact) mass is 267 g/mol. The minimum atomic E-state index is -0.509. The lowest BCUT2D eigenvalue weighted by molar-refractivity contribution is -0.153. The Kier molecular flexibility index (Phi) is 4.78. The third-order valence-corrected chi connectivity index (χ3v) is 2.40. The van der Waals surface area contributed by atoms with E-state index in [1.807, 2.05) is 27.7 Å². The van der Waals surface area contributed by atoms with Crippen LogP contribution in [0.25, 0.3) is 0 Å². The third kappa shape index (κ3) is 5.61. The summed E-state index contributed by atoms with van der Waals surface area (Å²) >= 11 is 0. The molecule has 19 heavy (non-hydrogen) atoms. The lowest BCUT2D eigenvalue weighted by atomic mass is 10.1. The molecule has 5 heteroatoms. The number of phenolic OH excluding ortho intramolecular Hbond substituents is 2. The van der Waals surface area contributed by atoms with Crippen LogP contribution in [0.1, 0.15) is 39.3 Å². The van der Waals surface area contributed by atoms with Gasteiger partial charge in [0, 0.05) is 12.1 Å². The summed E-state index contributed by atoms with van der Waals surface area (Å²) in [4.78, 5) is 11.5. The van der Waals surface area contributed by atoms with E-state index in [-0.39, 0.29) is 30.1 Å². The van der Waals surface area contributed by atoms with Crippen LogP contribution < -0.4 is 5.32 Å². The Bertz CT molecular complexity index is 431. The van der Waals surface area contributed by atoms with E-state index < -0.39 is 5.60 Å². The largest absolute Gasteiger partial charge is 0.508 e. The van der Waals surface area contributed by atoms with Crippen LogP contribution in [0.3, 0.4) is 0 Å². The van der Waals surface area contributed by atoms with Crippen molar-refractivity contribution < 1.29 is 19.7 Å². The second-order valence-electron chi connectivity index (χ2n) is 5.47. The van der Waals surface area contributed by atoms with Crippen LogP contribution in [-0.4, -0.2) is 28.3 Å². The van der Waals surface area contributed by atoms with Gasteiger partial charge in [0.2, 0.25) is 0 Å². The zero-order valence-electron chi connectivity index (χ0n) is 11.7. The second-order valence-corrected chi connectivity index (χ2v) is 5.47. The molecule has 0 aliphatic rings. The Labute approximate surface area is 113 Å². The molecular weight excluding hydrogens is 246 g/mol. The predicted molar refractivity (Wildman–Crippen MR) is 72.0 cm³/mol. The average molecular weight is 267 g/mol. The van der Waals surface area contributed by atoms with Crippen molar-refractivity contribution in [2.75, 3.05) is 6.54 Å². The highest BCUT2D eigenvalue weighted by atomic mass is 16.6. The van der Waals surface area contributed by atoms with Crippen molar-refractivity contribution >= 4 is 5.97 Å². The number of carbonyl (C=O) groups excluding carboxylic acids is 1. The number of ether oxygens (including phenoxy) is 1. The molecule has 0 aromatic heterocycles. The SMILES string of the molecule is CC(NCC(=O)OC(C)(C)C)c1cc(O)cc(O)c1. The van der Waals surface area contributed by atoms with Gasteiger partial charge in [-0.3, -0.25) is 4.79 Å². The molecule has 0 aliphatic heterocycles. The Balaban J connectivity index is 2.56. The zero-order chi connectivity index (χ0) is 14.6. The molecule has 1 unspecified atom stereocenters. The van der Waals surface area contributed by atoms with Gasteiger partial charge in [-0.1, -0.05) is 0 Å². The topological polar surface area (TPSA) is 78.8 Å². The molecule has 3 N–H and O–H groups in total. The number of hydrogen-bond acceptors (Lipinski definition) is 5. The van der Waals surface area contributed by atoms with Crippen LogP contribution in [0.5, 0.6) is 11.5 Å². The van der Waals surface area contributed by atoms with E-state index in [0.29, 0.717) is 5.56 Å². The maximum atomic E-state index is 11.5. The molecule has 0 bridgehead atoms. The van der Waals surface area contributed by atoms with Crippen LogP contribution in [0, 0.1) is 0 Å². The molecule has 0 radical (unpaired) electrons. The van der Waals surface area contributed by atoms with E-state index in [0.717, 1.165) is 0 Å².